The van der Waals surface area contributed by atoms with E-state index in [4.69, 9.17) is 4.42 Å². The van der Waals surface area contributed by atoms with Crippen LogP contribution in [0.5, 0.6) is 0 Å². The molecule has 0 saturated carbocycles. The molecule has 3 rings (SSSR count). The zero-order valence-corrected chi connectivity index (χ0v) is 22.7. The van der Waals surface area contributed by atoms with E-state index >= 15 is 0 Å². The minimum Gasteiger partial charge on any atom is -0.459 e. The molecule has 38 heavy (non-hydrogen) atoms. The van der Waals surface area contributed by atoms with E-state index in [1.165, 1.54) is 24.2 Å². The zero-order chi connectivity index (χ0) is 28.0. The smallest absolute Gasteiger partial charge is 0.287 e. The number of rotatable bonds is 9. The Morgan fingerprint density at radius 2 is 1.58 bits per heavy atom. The molecule has 8 heteroatoms. The molecule has 0 radical (unpaired) electrons. The van der Waals surface area contributed by atoms with Gasteiger partial charge in [0.2, 0.25) is 11.8 Å². The van der Waals surface area contributed by atoms with Crippen LogP contribution in [0.2, 0.25) is 0 Å². The highest BCUT2D eigenvalue weighted by Crippen LogP contribution is 2.30. The number of ketones is 1. The fraction of sp³-hybridized carbons (Fsp3) is 0.333. The second kappa shape index (κ2) is 11.9. The number of hydrogen-bond donors (Lipinski definition) is 2. The normalized spacial score (nSPS) is 12.1. The standard InChI is InChI=1S/C30H35N3O5/c1-19(2)21-12-14-22(15-13-21)27(29(37)32-30(4,5)6)33(24-10-7-9-23(17-24)20(3)34)26(35)18-31-28(36)25-11-8-16-38-25/h7-17,19,27H,18H2,1-6H3,(H,31,36)(H,32,37). The number of carbonyl (C=O) groups is 4. The molecule has 0 spiro atoms. The topological polar surface area (TPSA) is 109 Å². The summed E-state index contributed by atoms with van der Waals surface area (Å²) >= 11 is 0. The van der Waals surface area contributed by atoms with Crippen LogP contribution in [-0.4, -0.2) is 35.6 Å². The molecule has 1 atom stereocenters. The van der Waals surface area contributed by atoms with Crippen LogP contribution < -0.4 is 15.5 Å². The molecule has 0 aliphatic rings. The van der Waals surface area contributed by atoms with E-state index in [-0.39, 0.29) is 17.5 Å². The van der Waals surface area contributed by atoms with Gasteiger partial charge in [0.25, 0.3) is 5.91 Å². The van der Waals surface area contributed by atoms with Crippen LogP contribution in [0.4, 0.5) is 5.69 Å². The summed E-state index contributed by atoms with van der Waals surface area (Å²) < 4.78 is 5.12. The number of hydrogen-bond acceptors (Lipinski definition) is 5. The van der Waals surface area contributed by atoms with Crippen LogP contribution in [0.3, 0.4) is 0 Å². The van der Waals surface area contributed by atoms with E-state index in [0.717, 1.165) is 5.56 Å². The Labute approximate surface area is 223 Å². The Bertz CT molecular complexity index is 1290. The number of amides is 3. The van der Waals surface area contributed by atoms with Crippen LogP contribution in [0.15, 0.2) is 71.3 Å². The van der Waals surface area contributed by atoms with E-state index in [1.54, 1.807) is 30.3 Å². The van der Waals surface area contributed by atoms with Gasteiger partial charge in [-0.25, -0.2) is 0 Å². The second-order valence-electron chi connectivity index (χ2n) is 10.5. The van der Waals surface area contributed by atoms with Crippen molar-refractivity contribution in [1.29, 1.82) is 0 Å². The lowest BCUT2D eigenvalue weighted by Gasteiger charge is -2.34. The molecule has 1 heterocycles. The lowest BCUT2D eigenvalue weighted by molar-refractivity contribution is -0.127. The quantitative estimate of drug-likeness (QED) is 0.387. The van der Waals surface area contributed by atoms with Gasteiger partial charge in [0.05, 0.1) is 12.8 Å². The molecule has 1 aromatic heterocycles. The number of furan rings is 1. The SMILES string of the molecule is CC(=O)c1cccc(N(C(=O)CNC(=O)c2ccco2)C(C(=O)NC(C)(C)C)c2ccc(C(C)C)cc2)c1. The van der Waals surface area contributed by atoms with Gasteiger partial charge in [0.15, 0.2) is 11.5 Å². The van der Waals surface area contributed by atoms with Crippen molar-refractivity contribution in [2.24, 2.45) is 0 Å². The fourth-order valence-electron chi connectivity index (χ4n) is 3.97. The minimum absolute atomic E-state index is 0.0641. The maximum Gasteiger partial charge on any atom is 0.287 e. The maximum absolute atomic E-state index is 13.8. The van der Waals surface area contributed by atoms with Gasteiger partial charge in [-0.15, -0.1) is 0 Å². The fourth-order valence-corrected chi connectivity index (χ4v) is 3.97. The predicted molar refractivity (Wildman–Crippen MR) is 146 cm³/mol. The molecule has 3 amide bonds. The Morgan fingerprint density at radius 1 is 0.921 bits per heavy atom. The van der Waals surface area contributed by atoms with Crippen molar-refractivity contribution >= 4 is 29.2 Å². The first-order valence-electron chi connectivity index (χ1n) is 12.5. The molecule has 0 saturated heterocycles. The van der Waals surface area contributed by atoms with Gasteiger partial charge in [0.1, 0.15) is 6.04 Å². The Balaban J connectivity index is 2.09. The lowest BCUT2D eigenvalue weighted by Crippen LogP contribution is -2.51. The minimum atomic E-state index is -1.06. The van der Waals surface area contributed by atoms with Gasteiger partial charge in [-0.1, -0.05) is 50.2 Å². The Kier molecular flexibility index (Phi) is 8.88. The van der Waals surface area contributed by atoms with Crippen LogP contribution in [0.25, 0.3) is 0 Å². The largest absolute Gasteiger partial charge is 0.459 e. The number of nitrogens with one attached hydrogen (secondary N) is 2. The highest BCUT2D eigenvalue weighted by molar-refractivity contribution is 6.05. The third-order valence-electron chi connectivity index (χ3n) is 5.87. The first-order chi connectivity index (χ1) is 17.9. The number of Topliss-reactive ketones (excluding diaryl/α,β-unsaturated/α-hetero) is 1. The summed E-state index contributed by atoms with van der Waals surface area (Å²) in [5.74, 6) is -1.32. The zero-order valence-electron chi connectivity index (χ0n) is 22.7. The summed E-state index contributed by atoms with van der Waals surface area (Å²) in [6, 6.07) is 16.1. The first-order valence-corrected chi connectivity index (χ1v) is 12.5. The van der Waals surface area contributed by atoms with E-state index in [1.807, 2.05) is 45.0 Å². The molecule has 3 aromatic rings. The van der Waals surface area contributed by atoms with E-state index < -0.39 is 35.8 Å². The van der Waals surface area contributed by atoms with Crippen LogP contribution in [-0.2, 0) is 9.59 Å². The molecule has 0 bridgehead atoms. The molecule has 8 nitrogen and oxygen atoms in total. The van der Waals surface area contributed by atoms with Crippen molar-refractivity contribution in [2.45, 2.75) is 59.0 Å². The van der Waals surface area contributed by atoms with Crippen LogP contribution in [0, 0.1) is 0 Å². The van der Waals surface area contributed by atoms with E-state index in [9.17, 15) is 19.2 Å². The van der Waals surface area contributed by atoms with Crippen LogP contribution >= 0.6 is 0 Å². The average Bonchev–Trinajstić information content (AvgIpc) is 3.40. The number of carbonyl (C=O) groups excluding carboxylic acids is 4. The number of anilines is 1. The summed E-state index contributed by atoms with van der Waals surface area (Å²) in [7, 11) is 0. The lowest BCUT2D eigenvalue weighted by atomic mass is 9.96. The van der Waals surface area contributed by atoms with Gasteiger partial charge in [0, 0.05) is 16.8 Å². The average molecular weight is 518 g/mol. The molecule has 0 fully saturated rings. The Hall–Kier alpha value is -4.20. The molecule has 2 N–H and O–H groups in total. The van der Waals surface area contributed by atoms with E-state index in [0.29, 0.717) is 16.8 Å². The summed E-state index contributed by atoms with van der Waals surface area (Å²) in [5, 5.41) is 5.55. The predicted octanol–water partition coefficient (Wildman–Crippen LogP) is 5.02. The third-order valence-corrected chi connectivity index (χ3v) is 5.87. The van der Waals surface area contributed by atoms with Crippen molar-refractivity contribution in [2.75, 3.05) is 11.4 Å². The Morgan fingerprint density at radius 3 is 2.13 bits per heavy atom. The van der Waals surface area contributed by atoms with Crippen molar-refractivity contribution < 1.29 is 23.6 Å². The van der Waals surface area contributed by atoms with Gasteiger partial charge in [-0.3, -0.25) is 24.1 Å². The molecular weight excluding hydrogens is 482 g/mol. The maximum atomic E-state index is 13.8. The van der Waals surface area contributed by atoms with Crippen molar-refractivity contribution in [3.05, 3.63) is 89.4 Å². The number of nitrogens with zero attached hydrogens (tertiary/aromatic N) is 1. The third kappa shape index (κ3) is 7.18. The molecule has 0 aliphatic carbocycles. The summed E-state index contributed by atoms with van der Waals surface area (Å²) in [6.07, 6.45) is 1.37. The van der Waals surface area contributed by atoms with Crippen LogP contribution in [0.1, 0.15) is 85.5 Å². The summed E-state index contributed by atoms with van der Waals surface area (Å²) in [5.41, 5.74) is 1.86. The highest BCUT2D eigenvalue weighted by Gasteiger charge is 2.35. The summed E-state index contributed by atoms with van der Waals surface area (Å²) in [6.45, 7) is 10.8. The van der Waals surface area contributed by atoms with Gasteiger partial charge >= 0.3 is 0 Å². The van der Waals surface area contributed by atoms with E-state index in [2.05, 4.69) is 24.5 Å². The molecule has 200 valence electrons. The van der Waals surface area contributed by atoms with Crippen molar-refractivity contribution in [1.82, 2.24) is 10.6 Å². The molecule has 1 unspecified atom stereocenters. The monoisotopic (exact) mass is 517 g/mol. The van der Waals surface area contributed by atoms with Gasteiger partial charge in [-0.05, 0) is 69.0 Å². The van der Waals surface area contributed by atoms with Crippen molar-refractivity contribution in [3.8, 4) is 0 Å². The first kappa shape index (κ1) is 28.4. The molecule has 2 aromatic carbocycles. The molecular formula is C30H35N3O5. The second-order valence-corrected chi connectivity index (χ2v) is 10.5. The highest BCUT2D eigenvalue weighted by atomic mass is 16.3. The number of benzene rings is 2. The molecule has 0 aliphatic heterocycles. The van der Waals surface area contributed by atoms with Gasteiger partial charge < -0.3 is 15.1 Å². The van der Waals surface area contributed by atoms with Crippen molar-refractivity contribution in [3.63, 3.8) is 0 Å². The van der Waals surface area contributed by atoms with Gasteiger partial charge in [-0.2, -0.15) is 0 Å². The summed E-state index contributed by atoms with van der Waals surface area (Å²) in [4.78, 5) is 53.5.